The number of carboxylic acids is 1. The van der Waals surface area contributed by atoms with Crippen molar-refractivity contribution >= 4 is 17.3 Å². The Kier molecular flexibility index (Phi) is 3.96. The number of hydrogen-bond acceptors (Lipinski definition) is 4. The van der Waals surface area contributed by atoms with Gasteiger partial charge in [0.25, 0.3) is 0 Å². The van der Waals surface area contributed by atoms with E-state index >= 15 is 0 Å². The Morgan fingerprint density at radius 3 is 2.65 bits per heavy atom. The molecule has 1 rings (SSSR count). The number of anilines is 2. The van der Waals surface area contributed by atoms with Gasteiger partial charge in [0.15, 0.2) is 0 Å². The van der Waals surface area contributed by atoms with Gasteiger partial charge in [-0.1, -0.05) is 0 Å². The van der Waals surface area contributed by atoms with Gasteiger partial charge in [0, 0.05) is 18.5 Å². The summed E-state index contributed by atoms with van der Waals surface area (Å²) >= 11 is 0. The molecule has 0 aromatic heterocycles. The molecular formula is C12H18N2O3. The summed E-state index contributed by atoms with van der Waals surface area (Å²) in [4.78, 5) is 10.8. The van der Waals surface area contributed by atoms with Gasteiger partial charge in [0.2, 0.25) is 0 Å². The summed E-state index contributed by atoms with van der Waals surface area (Å²) in [6.45, 7) is 4.50. The second-order valence-electron chi connectivity index (χ2n) is 4.55. The lowest BCUT2D eigenvalue weighted by atomic mass is 10.1. The van der Waals surface area contributed by atoms with Gasteiger partial charge in [0.1, 0.15) is 0 Å². The van der Waals surface area contributed by atoms with Crippen LogP contribution in [0.3, 0.4) is 0 Å². The SMILES string of the molecule is COCC(C)(C)Nc1ccc(C(=O)O)c(N)c1. The number of rotatable bonds is 5. The largest absolute Gasteiger partial charge is 0.478 e. The summed E-state index contributed by atoms with van der Waals surface area (Å²) < 4.78 is 5.08. The van der Waals surface area contributed by atoms with Gasteiger partial charge in [-0.15, -0.1) is 0 Å². The zero-order valence-corrected chi connectivity index (χ0v) is 10.3. The highest BCUT2D eigenvalue weighted by molar-refractivity contribution is 5.94. The van der Waals surface area contributed by atoms with Crippen molar-refractivity contribution < 1.29 is 14.6 Å². The molecule has 0 aliphatic rings. The minimum absolute atomic E-state index is 0.111. The van der Waals surface area contributed by atoms with Crippen molar-refractivity contribution in [3.63, 3.8) is 0 Å². The lowest BCUT2D eigenvalue weighted by molar-refractivity contribution is 0.0698. The first kappa shape index (κ1) is 13.3. The van der Waals surface area contributed by atoms with Crippen molar-refractivity contribution in [2.24, 2.45) is 0 Å². The molecule has 0 aliphatic heterocycles. The highest BCUT2D eigenvalue weighted by Crippen LogP contribution is 2.21. The highest BCUT2D eigenvalue weighted by Gasteiger charge is 2.17. The number of hydrogen-bond donors (Lipinski definition) is 3. The Balaban J connectivity index is 2.88. The predicted octanol–water partition coefficient (Wildman–Crippen LogP) is 1.80. The van der Waals surface area contributed by atoms with Gasteiger partial charge in [0.05, 0.1) is 17.7 Å². The highest BCUT2D eigenvalue weighted by atomic mass is 16.5. The van der Waals surface area contributed by atoms with E-state index in [0.717, 1.165) is 5.69 Å². The maximum atomic E-state index is 10.8. The standard InChI is InChI=1S/C12H18N2O3/c1-12(2,7-17-3)14-8-4-5-9(11(15)16)10(13)6-8/h4-6,14H,7,13H2,1-3H3,(H,15,16). The van der Waals surface area contributed by atoms with Crippen LogP contribution in [0, 0.1) is 0 Å². The Bertz CT molecular complexity index is 416. The van der Waals surface area contributed by atoms with Crippen LogP contribution in [-0.4, -0.2) is 30.3 Å². The molecule has 0 unspecified atom stereocenters. The van der Waals surface area contributed by atoms with Crippen molar-refractivity contribution in [3.05, 3.63) is 23.8 Å². The third-order valence-electron chi connectivity index (χ3n) is 2.27. The Morgan fingerprint density at radius 1 is 1.53 bits per heavy atom. The zero-order chi connectivity index (χ0) is 13.1. The number of benzene rings is 1. The van der Waals surface area contributed by atoms with E-state index in [0.29, 0.717) is 6.61 Å². The molecule has 0 amide bonds. The van der Waals surface area contributed by atoms with Crippen molar-refractivity contribution in [3.8, 4) is 0 Å². The zero-order valence-electron chi connectivity index (χ0n) is 10.3. The first-order chi connectivity index (χ1) is 7.85. The molecule has 5 nitrogen and oxygen atoms in total. The fraction of sp³-hybridized carbons (Fsp3) is 0.417. The molecule has 0 radical (unpaired) electrons. The van der Waals surface area contributed by atoms with Gasteiger partial charge in [-0.05, 0) is 32.0 Å². The van der Waals surface area contributed by atoms with Gasteiger partial charge in [-0.25, -0.2) is 4.79 Å². The van der Waals surface area contributed by atoms with Gasteiger partial charge in [-0.3, -0.25) is 0 Å². The smallest absolute Gasteiger partial charge is 0.337 e. The number of methoxy groups -OCH3 is 1. The number of nitrogen functional groups attached to an aromatic ring is 1. The van der Waals surface area contributed by atoms with Crippen LogP contribution in [-0.2, 0) is 4.74 Å². The molecule has 0 saturated carbocycles. The quantitative estimate of drug-likeness (QED) is 0.681. The number of ether oxygens (including phenoxy) is 1. The fourth-order valence-electron chi connectivity index (χ4n) is 1.62. The number of aromatic carboxylic acids is 1. The van der Waals surface area contributed by atoms with Crippen molar-refractivity contribution in [1.29, 1.82) is 0 Å². The number of nitrogens with one attached hydrogen (secondary N) is 1. The summed E-state index contributed by atoms with van der Waals surface area (Å²) in [6.07, 6.45) is 0. The number of carbonyl (C=O) groups is 1. The van der Waals surface area contributed by atoms with Crippen LogP contribution >= 0.6 is 0 Å². The minimum Gasteiger partial charge on any atom is -0.478 e. The molecule has 1 aromatic rings. The summed E-state index contributed by atoms with van der Waals surface area (Å²) in [7, 11) is 1.63. The van der Waals surface area contributed by atoms with E-state index in [1.807, 2.05) is 13.8 Å². The molecule has 5 heteroatoms. The van der Waals surface area contributed by atoms with E-state index in [4.69, 9.17) is 15.6 Å². The van der Waals surface area contributed by atoms with Crippen LogP contribution in [0.4, 0.5) is 11.4 Å². The van der Waals surface area contributed by atoms with E-state index < -0.39 is 5.97 Å². The molecule has 0 saturated heterocycles. The van der Waals surface area contributed by atoms with E-state index in [2.05, 4.69) is 5.32 Å². The second kappa shape index (κ2) is 5.05. The van der Waals surface area contributed by atoms with E-state index in [1.54, 1.807) is 19.2 Å². The minimum atomic E-state index is -1.02. The Hall–Kier alpha value is -1.75. The lowest BCUT2D eigenvalue weighted by Crippen LogP contribution is -2.35. The molecule has 0 spiro atoms. The maximum Gasteiger partial charge on any atom is 0.337 e. The van der Waals surface area contributed by atoms with Crippen molar-refractivity contribution in [2.75, 3.05) is 24.8 Å². The topological polar surface area (TPSA) is 84.6 Å². The average Bonchev–Trinajstić information content (AvgIpc) is 2.15. The van der Waals surface area contributed by atoms with Crippen LogP contribution in [0.15, 0.2) is 18.2 Å². The van der Waals surface area contributed by atoms with Crippen molar-refractivity contribution in [2.45, 2.75) is 19.4 Å². The van der Waals surface area contributed by atoms with Crippen LogP contribution < -0.4 is 11.1 Å². The summed E-state index contributed by atoms with van der Waals surface area (Å²) in [6, 6.07) is 4.79. The molecule has 94 valence electrons. The first-order valence-electron chi connectivity index (χ1n) is 5.25. The Morgan fingerprint density at radius 2 is 2.18 bits per heavy atom. The van der Waals surface area contributed by atoms with E-state index in [-0.39, 0.29) is 16.8 Å². The Labute approximate surface area is 101 Å². The monoisotopic (exact) mass is 238 g/mol. The summed E-state index contributed by atoms with van der Waals surface area (Å²) in [5.74, 6) is -1.02. The number of carboxylic acid groups (broad SMARTS) is 1. The molecule has 0 fully saturated rings. The third kappa shape index (κ3) is 3.64. The summed E-state index contributed by atoms with van der Waals surface area (Å²) in [5, 5.41) is 12.1. The fourth-order valence-corrected chi connectivity index (χ4v) is 1.62. The molecule has 0 aliphatic carbocycles. The summed E-state index contributed by atoms with van der Waals surface area (Å²) in [5.41, 5.74) is 6.55. The first-order valence-corrected chi connectivity index (χ1v) is 5.25. The molecule has 17 heavy (non-hydrogen) atoms. The molecule has 0 atom stereocenters. The van der Waals surface area contributed by atoms with Gasteiger partial charge >= 0.3 is 5.97 Å². The number of nitrogens with two attached hydrogens (primary N) is 1. The predicted molar refractivity (Wildman–Crippen MR) is 67.4 cm³/mol. The average molecular weight is 238 g/mol. The molecule has 0 heterocycles. The van der Waals surface area contributed by atoms with Gasteiger partial charge in [-0.2, -0.15) is 0 Å². The van der Waals surface area contributed by atoms with E-state index in [9.17, 15) is 4.79 Å². The molecule has 0 bridgehead atoms. The van der Waals surface area contributed by atoms with Crippen LogP contribution in [0.5, 0.6) is 0 Å². The second-order valence-corrected chi connectivity index (χ2v) is 4.55. The molecular weight excluding hydrogens is 220 g/mol. The lowest BCUT2D eigenvalue weighted by Gasteiger charge is -2.26. The van der Waals surface area contributed by atoms with Crippen LogP contribution in [0.25, 0.3) is 0 Å². The molecule has 4 N–H and O–H groups in total. The normalized spacial score (nSPS) is 11.2. The van der Waals surface area contributed by atoms with Gasteiger partial charge < -0.3 is 20.9 Å². The van der Waals surface area contributed by atoms with E-state index in [1.165, 1.54) is 6.07 Å². The maximum absolute atomic E-state index is 10.8. The van der Waals surface area contributed by atoms with Crippen molar-refractivity contribution in [1.82, 2.24) is 0 Å². The van der Waals surface area contributed by atoms with Crippen LogP contribution in [0.2, 0.25) is 0 Å². The molecule has 1 aromatic carbocycles. The van der Waals surface area contributed by atoms with Crippen LogP contribution in [0.1, 0.15) is 24.2 Å². The third-order valence-corrected chi connectivity index (χ3v) is 2.27.